The lowest BCUT2D eigenvalue weighted by molar-refractivity contribution is -0.126. The maximum atomic E-state index is 12.1. The molecular formula is C16H18N4O3. The highest BCUT2D eigenvalue weighted by atomic mass is 16.4. The smallest absolute Gasteiger partial charge is 0.269 e. The fourth-order valence-electron chi connectivity index (χ4n) is 2.72. The normalized spacial score (nSPS) is 15.1. The van der Waals surface area contributed by atoms with Gasteiger partial charge in [-0.15, -0.1) is 10.2 Å². The predicted octanol–water partition coefficient (Wildman–Crippen LogP) is 2.08. The van der Waals surface area contributed by atoms with E-state index in [4.69, 9.17) is 4.42 Å². The summed E-state index contributed by atoms with van der Waals surface area (Å²) >= 11 is 0. The van der Waals surface area contributed by atoms with Gasteiger partial charge in [0.15, 0.2) is 0 Å². The first kappa shape index (κ1) is 15.2. The maximum absolute atomic E-state index is 12.1. The number of nitrogens with zero attached hydrogens (tertiary/aromatic N) is 2. The highest BCUT2D eigenvalue weighted by Crippen LogP contribution is 2.23. The topological polar surface area (TPSA) is 97.1 Å². The lowest BCUT2D eigenvalue weighted by atomic mass is 9.89. The molecule has 0 aliphatic heterocycles. The molecule has 0 saturated heterocycles. The summed E-state index contributed by atoms with van der Waals surface area (Å²) < 4.78 is 5.09. The van der Waals surface area contributed by atoms with Crippen molar-refractivity contribution in [3.8, 4) is 11.5 Å². The average Bonchev–Trinajstić information content (AvgIpc) is 3.15. The minimum atomic E-state index is -0.355. The molecule has 0 spiro atoms. The van der Waals surface area contributed by atoms with Gasteiger partial charge in [-0.1, -0.05) is 19.3 Å². The van der Waals surface area contributed by atoms with Crippen molar-refractivity contribution >= 4 is 11.8 Å². The molecule has 0 radical (unpaired) electrons. The summed E-state index contributed by atoms with van der Waals surface area (Å²) in [7, 11) is 0. The fourth-order valence-corrected chi connectivity index (χ4v) is 2.72. The first-order valence-corrected chi connectivity index (χ1v) is 7.71. The van der Waals surface area contributed by atoms with E-state index in [1.54, 1.807) is 24.3 Å². The Hall–Kier alpha value is -2.70. The first-order chi connectivity index (χ1) is 11.2. The maximum Gasteiger partial charge on any atom is 0.269 e. The number of amides is 2. The Labute approximate surface area is 133 Å². The molecule has 1 aromatic heterocycles. The van der Waals surface area contributed by atoms with E-state index >= 15 is 0 Å². The van der Waals surface area contributed by atoms with Gasteiger partial charge in [-0.3, -0.25) is 20.4 Å². The van der Waals surface area contributed by atoms with Crippen LogP contribution in [0.15, 0.2) is 35.1 Å². The van der Waals surface area contributed by atoms with Crippen LogP contribution in [-0.2, 0) is 4.79 Å². The first-order valence-electron chi connectivity index (χ1n) is 7.71. The molecule has 1 fully saturated rings. The van der Waals surface area contributed by atoms with Gasteiger partial charge in [0.2, 0.25) is 18.2 Å². The van der Waals surface area contributed by atoms with Crippen LogP contribution in [0.25, 0.3) is 11.5 Å². The van der Waals surface area contributed by atoms with E-state index in [1.807, 2.05) is 0 Å². The van der Waals surface area contributed by atoms with E-state index in [2.05, 4.69) is 21.0 Å². The van der Waals surface area contributed by atoms with Crippen molar-refractivity contribution in [1.82, 2.24) is 21.0 Å². The minimum absolute atomic E-state index is 0.00366. The van der Waals surface area contributed by atoms with E-state index in [9.17, 15) is 9.59 Å². The van der Waals surface area contributed by atoms with Crippen molar-refractivity contribution in [3.05, 3.63) is 36.2 Å². The van der Waals surface area contributed by atoms with Crippen molar-refractivity contribution in [3.63, 3.8) is 0 Å². The standard InChI is InChI=1S/C16H18N4O3/c21-14(11-4-2-1-3-5-11)18-19-15(22)12-6-8-13(9-7-12)16-20-17-10-23-16/h6-11H,1-5H2,(H,18,21)(H,19,22). The SMILES string of the molecule is O=C(NNC(=O)C1CCCCC1)c1ccc(-c2nnco2)cc1. The summed E-state index contributed by atoms with van der Waals surface area (Å²) in [6, 6.07) is 6.71. The zero-order chi connectivity index (χ0) is 16.1. The van der Waals surface area contributed by atoms with Crippen molar-refractivity contribution < 1.29 is 14.0 Å². The molecule has 7 heteroatoms. The molecule has 1 heterocycles. The Balaban J connectivity index is 1.54. The second-order valence-electron chi connectivity index (χ2n) is 5.60. The van der Waals surface area contributed by atoms with Gasteiger partial charge in [0.05, 0.1) is 0 Å². The summed E-state index contributed by atoms with van der Waals surface area (Å²) in [5, 5.41) is 7.40. The summed E-state index contributed by atoms with van der Waals surface area (Å²) in [6.45, 7) is 0. The summed E-state index contributed by atoms with van der Waals surface area (Å²) in [6.07, 6.45) is 6.35. The van der Waals surface area contributed by atoms with Gasteiger partial charge < -0.3 is 4.42 Å². The second-order valence-corrected chi connectivity index (χ2v) is 5.60. The van der Waals surface area contributed by atoms with E-state index in [0.29, 0.717) is 11.5 Å². The van der Waals surface area contributed by atoms with E-state index in [1.165, 1.54) is 12.8 Å². The molecule has 2 N–H and O–H groups in total. The number of hydrogen-bond donors (Lipinski definition) is 2. The van der Waals surface area contributed by atoms with Crippen LogP contribution in [0.1, 0.15) is 42.5 Å². The molecule has 0 bridgehead atoms. The number of benzene rings is 1. The molecule has 1 aliphatic carbocycles. The van der Waals surface area contributed by atoms with Crippen LogP contribution in [0.3, 0.4) is 0 Å². The predicted molar refractivity (Wildman–Crippen MR) is 81.9 cm³/mol. The molecule has 1 aromatic carbocycles. The Kier molecular flexibility index (Phi) is 4.65. The molecular weight excluding hydrogens is 296 g/mol. The third-order valence-corrected chi connectivity index (χ3v) is 4.03. The van der Waals surface area contributed by atoms with Gasteiger partial charge in [0, 0.05) is 17.0 Å². The number of carbonyl (C=O) groups is 2. The minimum Gasteiger partial charge on any atom is -0.423 e. The number of hydrazine groups is 1. The Morgan fingerprint density at radius 2 is 1.78 bits per heavy atom. The Morgan fingerprint density at radius 1 is 1.04 bits per heavy atom. The van der Waals surface area contributed by atoms with Gasteiger partial charge >= 0.3 is 0 Å². The third kappa shape index (κ3) is 3.74. The van der Waals surface area contributed by atoms with Crippen LogP contribution >= 0.6 is 0 Å². The molecule has 23 heavy (non-hydrogen) atoms. The molecule has 7 nitrogen and oxygen atoms in total. The highest BCUT2D eigenvalue weighted by Gasteiger charge is 2.21. The number of rotatable bonds is 3. The van der Waals surface area contributed by atoms with Gasteiger partial charge in [-0.05, 0) is 37.1 Å². The summed E-state index contributed by atoms with van der Waals surface area (Å²) in [4.78, 5) is 24.0. The largest absolute Gasteiger partial charge is 0.423 e. The van der Waals surface area contributed by atoms with Crippen LogP contribution < -0.4 is 10.9 Å². The molecule has 1 aliphatic rings. The van der Waals surface area contributed by atoms with Crippen molar-refractivity contribution in [2.75, 3.05) is 0 Å². The quantitative estimate of drug-likeness (QED) is 0.845. The van der Waals surface area contributed by atoms with Crippen LogP contribution in [0, 0.1) is 5.92 Å². The highest BCUT2D eigenvalue weighted by molar-refractivity contribution is 5.95. The van der Waals surface area contributed by atoms with Gasteiger partial charge in [0.1, 0.15) is 0 Å². The Morgan fingerprint density at radius 3 is 2.43 bits per heavy atom. The van der Waals surface area contributed by atoms with Crippen LogP contribution in [-0.4, -0.2) is 22.0 Å². The van der Waals surface area contributed by atoms with Gasteiger partial charge in [-0.2, -0.15) is 0 Å². The van der Waals surface area contributed by atoms with Crippen molar-refractivity contribution in [1.29, 1.82) is 0 Å². The van der Waals surface area contributed by atoms with E-state index in [0.717, 1.165) is 31.2 Å². The van der Waals surface area contributed by atoms with Crippen molar-refractivity contribution in [2.45, 2.75) is 32.1 Å². The molecule has 3 rings (SSSR count). The summed E-state index contributed by atoms with van der Waals surface area (Å²) in [5.41, 5.74) is 6.14. The molecule has 120 valence electrons. The van der Waals surface area contributed by atoms with Gasteiger partial charge in [0.25, 0.3) is 5.91 Å². The van der Waals surface area contributed by atoms with Crippen LogP contribution in [0.4, 0.5) is 0 Å². The van der Waals surface area contributed by atoms with E-state index in [-0.39, 0.29) is 17.7 Å². The zero-order valence-electron chi connectivity index (χ0n) is 12.6. The lowest BCUT2D eigenvalue weighted by Gasteiger charge is -2.20. The van der Waals surface area contributed by atoms with Crippen LogP contribution in [0.2, 0.25) is 0 Å². The molecule has 1 saturated carbocycles. The summed E-state index contributed by atoms with van der Waals surface area (Å²) in [5.74, 6) is -0.0710. The van der Waals surface area contributed by atoms with Crippen LogP contribution in [0.5, 0.6) is 0 Å². The number of aromatic nitrogens is 2. The van der Waals surface area contributed by atoms with Crippen molar-refractivity contribution in [2.24, 2.45) is 5.92 Å². The molecule has 2 aromatic rings. The fraction of sp³-hybridized carbons (Fsp3) is 0.375. The Bertz CT molecular complexity index is 661. The van der Waals surface area contributed by atoms with Gasteiger partial charge in [-0.25, -0.2) is 0 Å². The lowest BCUT2D eigenvalue weighted by Crippen LogP contribution is -2.44. The molecule has 0 atom stereocenters. The zero-order valence-corrected chi connectivity index (χ0v) is 12.6. The third-order valence-electron chi connectivity index (χ3n) is 4.03. The number of carbonyl (C=O) groups excluding carboxylic acids is 2. The molecule has 2 amide bonds. The monoisotopic (exact) mass is 314 g/mol. The van der Waals surface area contributed by atoms with E-state index < -0.39 is 0 Å². The second kappa shape index (κ2) is 7.04. The number of nitrogens with one attached hydrogen (secondary N) is 2. The average molecular weight is 314 g/mol. The number of hydrogen-bond acceptors (Lipinski definition) is 5. The molecule has 0 unspecified atom stereocenters.